The largest absolute Gasteiger partial charge is 0.497 e. The average molecular weight is 377 g/mol. The lowest BCUT2D eigenvalue weighted by atomic mass is 10.1. The Kier molecular flexibility index (Phi) is 5.99. The van der Waals surface area contributed by atoms with E-state index >= 15 is 0 Å². The van der Waals surface area contributed by atoms with E-state index in [9.17, 15) is 18.0 Å². The number of benzene rings is 2. The Hall–Kier alpha value is -2.87. The van der Waals surface area contributed by atoms with Gasteiger partial charge in [0, 0.05) is 5.56 Å². The van der Waals surface area contributed by atoms with Crippen LogP contribution < -0.4 is 9.46 Å². The molecule has 0 amide bonds. The number of ketones is 1. The van der Waals surface area contributed by atoms with Crippen molar-refractivity contribution >= 4 is 27.5 Å². The predicted molar refractivity (Wildman–Crippen MR) is 97.1 cm³/mol. The molecule has 7 nitrogen and oxygen atoms in total. The number of hydrogen-bond donors (Lipinski definition) is 1. The fraction of sp³-hybridized carbons (Fsp3) is 0.222. The number of rotatable bonds is 7. The lowest BCUT2D eigenvalue weighted by molar-refractivity contribution is 0.0320. The topological polar surface area (TPSA) is 98.8 Å². The summed E-state index contributed by atoms with van der Waals surface area (Å²) in [4.78, 5) is 24.8. The fourth-order valence-corrected chi connectivity index (χ4v) is 2.79. The molecule has 2 aromatic rings. The lowest BCUT2D eigenvalue weighted by Crippen LogP contribution is -2.25. The lowest BCUT2D eigenvalue weighted by Gasteiger charge is -2.15. The number of carbonyl (C=O) groups excluding carboxylic acids is 2. The Bertz CT molecular complexity index is 906. The number of hydrogen-bond acceptors (Lipinski definition) is 6. The standard InChI is InChI=1S/C18H19NO6S/c1-12(17(20)13-8-10-14(24-2)11-9-13)25-18(21)15-6-4-5-7-16(15)19-26(3,22)23/h4-12,19H,1-3H3/t12-/m0/s1. The van der Waals surface area contributed by atoms with Gasteiger partial charge in [-0.05, 0) is 43.3 Å². The van der Waals surface area contributed by atoms with Crippen LogP contribution in [0.25, 0.3) is 0 Å². The summed E-state index contributed by atoms with van der Waals surface area (Å²) in [6, 6.07) is 12.4. The maximum Gasteiger partial charge on any atom is 0.340 e. The van der Waals surface area contributed by atoms with Gasteiger partial charge in [0.2, 0.25) is 15.8 Å². The third-order valence-electron chi connectivity index (χ3n) is 3.47. The van der Waals surface area contributed by atoms with E-state index in [1.807, 2.05) is 0 Å². The van der Waals surface area contributed by atoms with Gasteiger partial charge in [0.05, 0.1) is 24.6 Å². The third-order valence-corrected chi connectivity index (χ3v) is 4.06. The van der Waals surface area contributed by atoms with Gasteiger partial charge in [0.25, 0.3) is 0 Å². The van der Waals surface area contributed by atoms with Crippen LogP contribution in [0.1, 0.15) is 27.6 Å². The van der Waals surface area contributed by atoms with Gasteiger partial charge in [-0.15, -0.1) is 0 Å². The Balaban J connectivity index is 2.15. The van der Waals surface area contributed by atoms with E-state index in [0.717, 1.165) is 6.26 Å². The van der Waals surface area contributed by atoms with Crippen molar-refractivity contribution in [2.75, 3.05) is 18.1 Å². The van der Waals surface area contributed by atoms with Crippen LogP contribution in [0, 0.1) is 0 Å². The van der Waals surface area contributed by atoms with Crippen molar-refractivity contribution in [2.45, 2.75) is 13.0 Å². The summed E-state index contributed by atoms with van der Waals surface area (Å²) in [6.45, 7) is 1.46. The number of sulfonamides is 1. The smallest absolute Gasteiger partial charge is 0.340 e. The van der Waals surface area contributed by atoms with Crippen molar-refractivity contribution in [2.24, 2.45) is 0 Å². The summed E-state index contributed by atoms with van der Waals surface area (Å²) in [7, 11) is -2.05. The predicted octanol–water partition coefficient (Wildman–Crippen LogP) is 2.49. The van der Waals surface area contributed by atoms with E-state index in [4.69, 9.17) is 9.47 Å². The number of methoxy groups -OCH3 is 1. The summed E-state index contributed by atoms with van der Waals surface area (Å²) >= 11 is 0. The maximum atomic E-state index is 12.4. The summed E-state index contributed by atoms with van der Waals surface area (Å²) in [5.74, 6) is -0.576. The van der Waals surface area contributed by atoms with E-state index in [1.165, 1.54) is 26.2 Å². The molecule has 26 heavy (non-hydrogen) atoms. The zero-order valence-corrected chi connectivity index (χ0v) is 15.4. The SMILES string of the molecule is COc1ccc(C(=O)[C@H](C)OC(=O)c2ccccc2NS(C)(=O)=O)cc1. The van der Waals surface area contributed by atoms with Gasteiger partial charge in [-0.1, -0.05) is 12.1 Å². The second-order valence-corrected chi connectivity index (χ2v) is 7.31. The molecule has 0 fully saturated rings. The first kappa shape index (κ1) is 19.5. The molecule has 8 heteroatoms. The molecule has 0 radical (unpaired) electrons. The van der Waals surface area contributed by atoms with Crippen LogP contribution in [0.3, 0.4) is 0 Å². The Morgan fingerprint density at radius 2 is 1.65 bits per heavy atom. The number of anilines is 1. The van der Waals surface area contributed by atoms with Gasteiger partial charge in [0.15, 0.2) is 6.10 Å². The van der Waals surface area contributed by atoms with Gasteiger partial charge in [-0.25, -0.2) is 13.2 Å². The minimum atomic E-state index is -3.56. The number of Topliss-reactive ketones (excluding diaryl/α,β-unsaturated/α-hetero) is 1. The van der Waals surface area contributed by atoms with Crippen molar-refractivity contribution in [1.29, 1.82) is 0 Å². The summed E-state index contributed by atoms with van der Waals surface area (Å²) in [5.41, 5.74) is 0.477. The Morgan fingerprint density at radius 1 is 1.04 bits per heavy atom. The first-order valence-electron chi connectivity index (χ1n) is 7.67. The van der Waals surface area contributed by atoms with Gasteiger partial charge >= 0.3 is 5.97 Å². The first-order chi connectivity index (χ1) is 12.2. The van der Waals surface area contributed by atoms with Crippen LogP contribution in [-0.2, 0) is 14.8 Å². The molecule has 1 N–H and O–H groups in total. The zero-order chi connectivity index (χ0) is 19.3. The molecule has 2 aromatic carbocycles. The molecule has 0 saturated heterocycles. The molecule has 0 aliphatic rings. The number of para-hydroxylation sites is 1. The molecular weight excluding hydrogens is 358 g/mol. The molecule has 2 rings (SSSR count). The van der Waals surface area contributed by atoms with Crippen LogP contribution in [-0.4, -0.2) is 39.6 Å². The average Bonchev–Trinajstić information content (AvgIpc) is 2.60. The monoisotopic (exact) mass is 377 g/mol. The van der Waals surface area contributed by atoms with E-state index in [0.29, 0.717) is 11.3 Å². The fourth-order valence-electron chi connectivity index (χ4n) is 2.22. The first-order valence-corrected chi connectivity index (χ1v) is 9.56. The highest BCUT2D eigenvalue weighted by molar-refractivity contribution is 7.92. The normalized spacial score (nSPS) is 12.1. The molecule has 0 aliphatic heterocycles. The second-order valence-electron chi connectivity index (χ2n) is 5.56. The van der Waals surface area contributed by atoms with Crippen LogP contribution in [0.5, 0.6) is 5.75 Å². The molecule has 1 atom stereocenters. The molecule has 0 unspecified atom stereocenters. The highest BCUT2D eigenvalue weighted by atomic mass is 32.2. The van der Waals surface area contributed by atoms with Crippen molar-refractivity contribution in [3.8, 4) is 5.75 Å². The van der Waals surface area contributed by atoms with Gasteiger partial charge < -0.3 is 9.47 Å². The number of esters is 1. The van der Waals surface area contributed by atoms with E-state index < -0.39 is 22.1 Å². The van der Waals surface area contributed by atoms with E-state index in [-0.39, 0.29) is 17.0 Å². The minimum Gasteiger partial charge on any atom is -0.497 e. The molecule has 0 spiro atoms. The van der Waals surface area contributed by atoms with Crippen LogP contribution in [0.4, 0.5) is 5.69 Å². The number of ether oxygens (including phenoxy) is 2. The highest BCUT2D eigenvalue weighted by Gasteiger charge is 2.22. The Morgan fingerprint density at radius 3 is 2.23 bits per heavy atom. The van der Waals surface area contributed by atoms with E-state index in [1.54, 1.807) is 36.4 Å². The van der Waals surface area contributed by atoms with Crippen molar-refractivity contribution < 1.29 is 27.5 Å². The molecule has 0 aromatic heterocycles. The second kappa shape index (κ2) is 8.01. The molecular formula is C18H19NO6S. The van der Waals surface area contributed by atoms with Crippen molar-refractivity contribution in [1.82, 2.24) is 0 Å². The Labute approximate surface area is 152 Å². The van der Waals surface area contributed by atoms with Gasteiger partial charge in [0.1, 0.15) is 5.75 Å². The molecule has 138 valence electrons. The summed E-state index contributed by atoms with van der Waals surface area (Å²) in [5, 5.41) is 0. The summed E-state index contributed by atoms with van der Waals surface area (Å²) in [6.07, 6.45) is -0.0625. The maximum absolute atomic E-state index is 12.4. The number of carbonyl (C=O) groups is 2. The van der Waals surface area contributed by atoms with Crippen LogP contribution in [0.2, 0.25) is 0 Å². The number of nitrogens with one attached hydrogen (secondary N) is 1. The molecule has 0 saturated carbocycles. The van der Waals surface area contributed by atoms with E-state index in [2.05, 4.69) is 4.72 Å². The molecule has 0 aliphatic carbocycles. The summed E-state index contributed by atoms with van der Waals surface area (Å²) < 4.78 is 35.3. The quantitative estimate of drug-likeness (QED) is 0.588. The van der Waals surface area contributed by atoms with Crippen LogP contribution in [0.15, 0.2) is 48.5 Å². The molecule has 0 heterocycles. The van der Waals surface area contributed by atoms with Gasteiger partial charge in [-0.3, -0.25) is 9.52 Å². The van der Waals surface area contributed by atoms with Crippen LogP contribution >= 0.6 is 0 Å². The minimum absolute atomic E-state index is 0.0207. The molecule has 0 bridgehead atoms. The zero-order valence-electron chi connectivity index (χ0n) is 14.6. The van der Waals surface area contributed by atoms with Crippen molar-refractivity contribution in [3.05, 3.63) is 59.7 Å². The third kappa shape index (κ3) is 5.06. The highest BCUT2D eigenvalue weighted by Crippen LogP contribution is 2.19. The van der Waals surface area contributed by atoms with Gasteiger partial charge in [-0.2, -0.15) is 0 Å². The van der Waals surface area contributed by atoms with Crippen molar-refractivity contribution in [3.63, 3.8) is 0 Å².